The zero-order valence-electron chi connectivity index (χ0n) is 8.95. The molecule has 0 aliphatic rings. The highest BCUT2D eigenvalue weighted by molar-refractivity contribution is 6.34. The zero-order chi connectivity index (χ0) is 12.1. The Balaban J connectivity index is 3.23. The number of carbonyl (C=O) groups is 2. The first-order chi connectivity index (χ1) is 7.61. The van der Waals surface area contributed by atoms with Crippen LogP contribution in [0.2, 0.25) is 5.02 Å². The van der Waals surface area contributed by atoms with Crippen molar-refractivity contribution >= 4 is 23.5 Å². The summed E-state index contributed by atoms with van der Waals surface area (Å²) in [6.07, 6.45) is 0. The Morgan fingerprint density at radius 3 is 2.56 bits per heavy atom. The number of carbonyl (C=O) groups excluding carboxylic acids is 2. The SMILES string of the molecule is CCOC(=O)c1c(Cl)cccc1C(=O)OC. The lowest BCUT2D eigenvalue weighted by atomic mass is 10.1. The van der Waals surface area contributed by atoms with Crippen molar-refractivity contribution in [1.29, 1.82) is 0 Å². The third-order valence-corrected chi connectivity index (χ3v) is 2.21. The molecule has 4 nitrogen and oxygen atoms in total. The van der Waals surface area contributed by atoms with Gasteiger partial charge in [-0.15, -0.1) is 0 Å². The Bertz CT molecular complexity index is 414. The number of ether oxygens (including phenoxy) is 2. The summed E-state index contributed by atoms with van der Waals surface area (Å²) in [6.45, 7) is 1.89. The number of benzene rings is 1. The quantitative estimate of drug-likeness (QED) is 0.764. The zero-order valence-corrected chi connectivity index (χ0v) is 9.71. The molecule has 0 bridgehead atoms. The van der Waals surface area contributed by atoms with Crippen LogP contribution in [0.1, 0.15) is 27.6 Å². The van der Waals surface area contributed by atoms with Crippen LogP contribution < -0.4 is 0 Å². The molecule has 0 aromatic heterocycles. The average molecular weight is 243 g/mol. The molecule has 5 heteroatoms. The van der Waals surface area contributed by atoms with Gasteiger partial charge in [-0.25, -0.2) is 9.59 Å². The van der Waals surface area contributed by atoms with Crippen LogP contribution >= 0.6 is 11.6 Å². The third kappa shape index (κ3) is 2.52. The molecule has 0 aliphatic carbocycles. The van der Waals surface area contributed by atoms with Crippen molar-refractivity contribution in [2.75, 3.05) is 13.7 Å². The molecule has 0 radical (unpaired) electrons. The second kappa shape index (κ2) is 5.51. The van der Waals surface area contributed by atoms with Crippen molar-refractivity contribution in [2.24, 2.45) is 0 Å². The predicted molar refractivity (Wildman–Crippen MR) is 58.7 cm³/mol. The van der Waals surface area contributed by atoms with E-state index in [1.165, 1.54) is 19.2 Å². The largest absolute Gasteiger partial charge is 0.465 e. The van der Waals surface area contributed by atoms with Gasteiger partial charge in [-0.2, -0.15) is 0 Å². The molecule has 86 valence electrons. The summed E-state index contributed by atoms with van der Waals surface area (Å²) < 4.78 is 9.37. The van der Waals surface area contributed by atoms with E-state index in [1.807, 2.05) is 0 Å². The molecule has 0 N–H and O–H groups in total. The molecule has 0 aliphatic heterocycles. The molecule has 0 spiro atoms. The molecule has 1 aromatic rings. The van der Waals surface area contributed by atoms with E-state index in [0.717, 1.165) is 0 Å². The van der Waals surface area contributed by atoms with Crippen molar-refractivity contribution in [1.82, 2.24) is 0 Å². The number of hydrogen-bond acceptors (Lipinski definition) is 4. The smallest absolute Gasteiger partial charge is 0.340 e. The monoisotopic (exact) mass is 242 g/mol. The number of rotatable bonds is 3. The minimum atomic E-state index is -0.631. The topological polar surface area (TPSA) is 52.6 Å². The molecular weight excluding hydrogens is 232 g/mol. The van der Waals surface area contributed by atoms with Crippen molar-refractivity contribution in [2.45, 2.75) is 6.92 Å². The maximum Gasteiger partial charge on any atom is 0.340 e. The Hall–Kier alpha value is -1.55. The van der Waals surface area contributed by atoms with Gasteiger partial charge in [-0.1, -0.05) is 17.7 Å². The van der Waals surface area contributed by atoms with Gasteiger partial charge >= 0.3 is 11.9 Å². The minimum Gasteiger partial charge on any atom is -0.465 e. The van der Waals surface area contributed by atoms with E-state index < -0.39 is 11.9 Å². The Labute approximate surface area is 98.1 Å². The van der Waals surface area contributed by atoms with Crippen LogP contribution in [0.5, 0.6) is 0 Å². The maximum atomic E-state index is 11.6. The third-order valence-electron chi connectivity index (χ3n) is 1.90. The standard InChI is InChI=1S/C11H11ClO4/c1-3-16-11(14)9-7(10(13)15-2)5-4-6-8(9)12/h4-6H,3H2,1-2H3. The molecule has 16 heavy (non-hydrogen) atoms. The first-order valence-corrected chi connectivity index (χ1v) is 5.03. The van der Waals surface area contributed by atoms with Gasteiger partial charge in [0.15, 0.2) is 0 Å². The summed E-state index contributed by atoms with van der Waals surface area (Å²) in [5.74, 6) is -1.25. The summed E-state index contributed by atoms with van der Waals surface area (Å²) in [5, 5.41) is 0.168. The highest BCUT2D eigenvalue weighted by Gasteiger charge is 2.21. The average Bonchev–Trinajstić information content (AvgIpc) is 2.27. The van der Waals surface area contributed by atoms with Crippen LogP contribution in [0.3, 0.4) is 0 Å². The highest BCUT2D eigenvalue weighted by Crippen LogP contribution is 2.21. The van der Waals surface area contributed by atoms with Gasteiger partial charge in [0, 0.05) is 0 Å². The molecule has 0 saturated carbocycles. The summed E-state index contributed by atoms with van der Waals surface area (Å²) >= 11 is 5.85. The van der Waals surface area contributed by atoms with Gasteiger partial charge in [0.1, 0.15) is 0 Å². The van der Waals surface area contributed by atoms with E-state index in [0.29, 0.717) is 0 Å². The van der Waals surface area contributed by atoms with Crippen molar-refractivity contribution in [3.05, 3.63) is 34.3 Å². The molecule has 0 unspecified atom stereocenters. The lowest BCUT2D eigenvalue weighted by Gasteiger charge is -2.08. The molecular formula is C11H11ClO4. The fourth-order valence-corrected chi connectivity index (χ4v) is 1.47. The van der Waals surface area contributed by atoms with Crippen molar-refractivity contribution < 1.29 is 19.1 Å². The van der Waals surface area contributed by atoms with E-state index in [9.17, 15) is 9.59 Å². The molecule has 0 amide bonds. The minimum absolute atomic E-state index is 0.0397. The lowest BCUT2D eigenvalue weighted by molar-refractivity contribution is 0.0504. The van der Waals surface area contributed by atoms with Crippen LogP contribution in [0.4, 0.5) is 0 Å². The van der Waals surface area contributed by atoms with Crippen LogP contribution in [-0.4, -0.2) is 25.7 Å². The van der Waals surface area contributed by atoms with Gasteiger partial charge in [0.25, 0.3) is 0 Å². The van der Waals surface area contributed by atoms with E-state index >= 15 is 0 Å². The lowest BCUT2D eigenvalue weighted by Crippen LogP contribution is -2.13. The van der Waals surface area contributed by atoms with Gasteiger partial charge in [-0.05, 0) is 19.1 Å². The summed E-state index contributed by atoms with van der Waals surface area (Å²) in [7, 11) is 1.23. The molecule has 0 saturated heterocycles. The van der Waals surface area contributed by atoms with E-state index in [1.54, 1.807) is 13.0 Å². The molecule has 1 rings (SSSR count). The van der Waals surface area contributed by atoms with E-state index in [2.05, 4.69) is 4.74 Å². The second-order valence-corrected chi connectivity index (χ2v) is 3.28. The Morgan fingerprint density at radius 1 is 1.31 bits per heavy atom. The van der Waals surface area contributed by atoms with E-state index in [4.69, 9.17) is 16.3 Å². The highest BCUT2D eigenvalue weighted by atomic mass is 35.5. The number of methoxy groups -OCH3 is 1. The fraction of sp³-hybridized carbons (Fsp3) is 0.273. The number of hydrogen-bond donors (Lipinski definition) is 0. The van der Waals surface area contributed by atoms with Crippen LogP contribution in [0, 0.1) is 0 Å². The van der Waals surface area contributed by atoms with Crippen molar-refractivity contribution in [3.63, 3.8) is 0 Å². The van der Waals surface area contributed by atoms with E-state index in [-0.39, 0.29) is 22.8 Å². The number of halogens is 1. The first-order valence-electron chi connectivity index (χ1n) is 4.65. The first kappa shape index (κ1) is 12.5. The second-order valence-electron chi connectivity index (χ2n) is 2.87. The molecule has 0 heterocycles. The summed E-state index contributed by atoms with van der Waals surface area (Å²) in [6, 6.07) is 4.54. The summed E-state index contributed by atoms with van der Waals surface area (Å²) in [4.78, 5) is 23.0. The van der Waals surface area contributed by atoms with Crippen LogP contribution in [-0.2, 0) is 9.47 Å². The normalized spacial score (nSPS) is 9.69. The van der Waals surface area contributed by atoms with Crippen LogP contribution in [0.25, 0.3) is 0 Å². The van der Waals surface area contributed by atoms with Crippen molar-refractivity contribution in [3.8, 4) is 0 Å². The maximum absolute atomic E-state index is 11.6. The fourth-order valence-electron chi connectivity index (χ4n) is 1.21. The number of esters is 2. The van der Waals surface area contributed by atoms with Gasteiger partial charge in [-0.3, -0.25) is 0 Å². The molecule has 1 aromatic carbocycles. The molecule has 0 fully saturated rings. The van der Waals surface area contributed by atoms with Gasteiger partial charge in [0.05, 0.1) is 29.9 Å². The Morgan fingerprint density at radius 2 is 2.00 bits per heavy atom. The Kier molecular flexibility index (Phi) is 4.31. The van der Waals surface area contributed by atoms with Gasteiger partial charge in [0.2, 0.25) is 0 Å². The van der Waals surface area contributed by atoms with Gasteiger partial charge < -0.3 is 9.47 Å². The van der Waals surface area contributed by atoms with Crippen LogP contribution in [0.15, 0.2) is 18.2 Å². The summed E-state index contributed by atoms with van der Waals surface area (Å²) in [5.41, 5.74) is 0.145. The predicted octanol–water partition coefficient (Wildman–Crippen LogP) is 2.30. The molecule has 0 atom stereocenters.